The van der Waals surface area contributed by atoms with Gasteiger partial charge in [0, 0.05) is 13.1 Å². The highest BCUT2D eigenvalue weighted by molar-refractivity contribution is 5.29. The smallest absolute Gasteiger partial charge is 0.122 e. The minimum Gasteiger partial charge on any atom is -0.490 e. The van der Waals surface area contributed by atoms with E-state index in [0.717, 1.165) is 24.6 Å². The number of ether oxygens (including phenoxy) is 2. The number of nitrogens with one attached hydrogen (secondary N) is 1. The third-order valence-corrected chi connectivity index (χ3v) is 4.77. The molecule has 0 bridgehead atoms. The first-order valence-electron chi connectivity index (χ1n) is 10.2. The molecular weight excluding hydrogens is 358 g/mol. The van der Waals surface area contributed by atoms with E-state index in [1.165, 1.54) is 16.7 Å². The normalized spacial score (nSPS) is 11.3. The van der Waals surface area contributed by atoms with Crippen LogP contribution in [0, 0.1) is 0 Å². The number of benzene rings is 3. The highest BCUT2D eigenvalue weighted by atomic mass is 16.5. The second-order valence-electron chi connectivity index (χ2n) is 8.20. The summed E-state index contributed by atoms with van der Waals surface area (Å²) in [6, 6.07) is 26.9. The van der Waals surface area contributed by atoms with Gasteiger partial charge < -0.3 is 14.8 Å². The number of hydrogen-bond acceptors (Lipinski definition) is 3. The molecule has 0 spiro atoms. The standard InChI is InChI=1S/C26H31NO2/c1-26(2,3)23-13-9-21(10-14-23)19-27-20-22-11-15-25(16-12-22)29-18-17-28-24-7-5-4-6-8-24/h4-16,27H,17-20H2,1-3H3. The maximum atomic E-state index is 5.75. The lowest BCUT2D eigenvalue weighted by atomic mass is 9.87. The van der Waals surface area contributed by atoms with Crippen LogP contribution in [0.3, 0.4) is 0 Å². The molecule has 0 aliphatic heterocycles. The number of para-hydroxylation sites is 1. The summed E-state index contributed by atoms with van der Waals surface area (Å²) in [5, 5.41) is 3.51. The van der Waals surface area contributed by atoms with Crippen LogP contribution in [0.2, 0.25) is 0 Å². The lowest BCUT2D eigenvalue weighted by molar-refractivity contribution is 0.217. The van der Waals surface area contributed by atoms with Gasteiger partial charge in [0.2, 0.25) is 0 Å². The predicted molar refractivity (Wildman–Crippen MR) is 120 cm³/mol. The average molecular weight is 390 g/mol. The van der Waals surface area contributed by atoms with E-state index in [-0.39, 0.29) is 5.41 Å². The molecule has 0 unspecified atom stereocenters. The summed E-state index contributed by atoms with van der Waals surface area (Å²) in [5.41, 5.74) is 4.11. The summed E-state index contributed by atoms with van der Waals surface area (Å²) >= 11 is 0. The maximum Gasteiger partial charge on any atom is 0.122 e. The Kier molecular flexibility index (Phi) is 7.31. The minimum absolute atomic E-state index is 0.198. The van der Waals surface area contributed by atoms with Gasteiger partial charge in [-0.25, -0.2) is 0 Å². The van der Waals surface area contributed by atoms with Gasteiger partial charge in [-0.15, -0.1) is 0 Å². The van der Waals surface area contributed by atoms with E-state index in [1.807, 2.05) is 42.5 Å². The highest BCUT2D eigenvalue weighted by Crippen LogP contribution is 2.22. The molecule has 0 heterocycles. The summed E-state index contributed by atoms with van der Waals surface area (Å²) in [6.45, 7) is 9.47. The summed E-state index contributed by atoms with van der Waals surface area (Å²) in [5.74, 6) is 1.73. The Morgan fingerprint density at radius 1 is 0.621 bits per heavy atom. The van der Waals surface area contributed by atoms with Crippen molar-refractivity contribution in [1.82, 2.24) is 5.32 Å². The zero-order chi connectivity index (χ0) is 20.5. The van der Waals surface area contributed by atoms with Crippen LogP contribution in [0.5, 0.6) is 11.5 Å². The quantitative estimate of drug-likeness (QED) is 0.474. The third kappa shape index (κ3) is 6.95. The fourth-order valence-electron chi connectivity index (χ4n) is 3.01. The molecule has 0 aromatic heterocycles. The van der Waals surface area contributed by atoms with Gasteiger partial charge >= 0.3 is 0 Å². The van der Waals surface area contributed by atoms with Crippen LogP contribution in [0.25, 0.3) is 0 Å². The van der Waals surface area contributed by atoms with Crippen LogP contribution < -0.4 is 14.8 Å². The first-order chi connectivity index (χ1) is 14.0. The topological polar surface area (TPSA) is 30.5 Å². The molecule has 0 saturated heterocycles. The first-order valence-corrected chi connectivity index (χ1v) is 10.2. The molecule has 0 amide bonds. The second-order valence-corrected chi connectivity index (χ2v) is 8.20. The van der Waals surface area contributed by atoms with E-state index in [1.54, 1.807) is 0 Å². The molecule has 0 aliphatic carbocycles. The Balaban J connectivity index is 1.37. The van der Waals surface area contributed by atoms with Crippen LogP contribution in [0.4, 0.5) is 0 Å². The van der Waals surface area contributed by atoms with Crippen molar-refractivity contribution in [3.63, 3.8) is 0 Å². The van der Waals surface area contributed by atoms with Crippen LogP contribution in [-0.4, -0.2) is 13.2 Å². The Labute approximate surface area is 174 Å². The molecule has 1 N–H and O–H groups in total. The Morgan fingerprint density at radius 3 is 1.62 bits per heavy atom. The Morgan fingerprint density at radius 2 is 1.10 bits per heavy atom. The minimum atomic E-state index is 0.198. The fraction of sp³-hybridized carbons (Fsp3) is 0.308. The second kappa shape index (κ2) is 10.1. The number of rotatable bonds is 9. The molecule has 0 atom stereocenters. The summed E-state index contributed by atoms with van der Waals surface area (Å²) in [4.78, 5) is 0. The van der Waals surface area contributed by atoms with Crippen molar-refractivity contribution in [3.05, 3.63) is 95.6 Å². The molecule has 29 heavy (non-hydrogen) atoms. The molecule has 0 saturated carbocycles. The van der Waals surface area contributed by atoms with Gasteiger partial charge in [-0.3, -0.25) is 0 Å². The number of hydrogen-bond donors (Lipinski definition) is 1. The largest absolute Gasteiger partial charge is 0.490 e. The van der Waals surface area contributed by atoms with E-state index in [2.05, 4.69) is 62.5 Å². The van der Waals surface area contributed by atoms with Crippen molar-refractivity contribution in [2.24, 2.45) is 0 Å². The highest BCUT2D eigenvalue weighted by Gasteiger charge is 2.12. The lowest BCUT2D eigenvalue weighted by Crippen LogP contribution is -2.14. The van der Waals surface area contributed by atoms with E-state index in [0.29, 0.717) is 13.2 Å². The van der Waals surface area contributed by atoms with E-state index in [9.17, 15) is 0 Å². The Bertz CT molecular complexity index is 850. The van der Waals surface area contributed by atoms with E-state index in [4.69, 9.17) is 9.47 Å². The average Bonchev–Trinajstić information content (AvgIpc) is 2.73. The van der Waals surface area contributed by atoms with E-state index < -0.39 is 0 Å². The van der Waals surface area contributed by atoms with Gasteiger partial charge in [0.25, 0.3) is 0 Å². The van der Waals surface area contributed by atoms with Gasteiger partial charge in [0.15, 0.2) is 0 Å². The van der Waals surface area contributed by atoms with Gasteiger partial charge in [-0.05, 0) is 46.4 Å². The lowest BCUT2D eigenvalue weighted by Gasteiger charge is -2.19. The van der Waals surface area contributed by atoms with Crippen LogP contribution in [-0.2, 0) is 18.5 Å². The Hall–Kier alpha value is -2.78. The predicted octanol–water partition coefficient (Wildman–Crippen LogP) is 5.73. The van der Waals surface area contributed by atoms with Crippen LogP contribution in [0.15, 0.2) is 78.9 Å². The van der Waals surface area contributed by atoms with Crippen molar-refractivity contribution in [3.8, 4) is 11.5 Å². The summed E-state index contributed by atoms with van der Waals surface area (Å²) in [6.07, 6.45) is 0. The van der Waals surface area contributed by atoms with Crippen LogP contribution >= 0.6 is 0 Å². The van der Waals surface area contributed by atoms with Gasteiger partial charge in [0.1, 0.15) is 24.7 Å². The molecule has 0 fully saturated rings. The molecule has 152 valence electrons. The molecule has 0 aliphatic rings. The molecule has 3 heteroatoms. The van der Waals surface area contributed by atoms with Crippen molar-refractivity contribution >= 4 is 0 Å². The summed E-state index contributed by atoms with van der Waals surface area (Å²) < 4.78 is 11.4. The third-order valence-electron chi connectivity index (χ3n) is 4.77. The van der Waals surface area contributed by atoms with Crippen molar-refractivity contribution in [2.75, 3.05) is 13.2 Å². The van der Waals surface area contributed by atoms with E-state index >= 15 is 0 Å². The zero-order valence-corrected chi connectivity index (χ0v) is 17.7. The zero-order valence-electron chi connectivity index (χ0n) is 17.7. The maximum absolute atomic E-state index is 5.75. The van der Waals surface area contributed by atoms with Crippen LogP contribution in [0.1, 0.15) is 37.5 Å². The molecular formula is C26H31NO2. The molecule has 3 rings (SSSR count). The summed E-state index contributed by atoms with van der Waals surface area (Å²) in [7, 11) is 0. The molecule has 3 aromatic carbocycles. The molecule has 3 nitrogen and oxygen atoms in total. The van der Waals surface area contributed by atoms with Crippen molar-refractivity contribution in [2.45, 2.75) is 39.3 Å². The SMILES string of the molecule is CC(C)(C)c1ccc(CNCc2ccc(OCCOc3ccccc3)cc2)cc1. The van der Waals surface area contributed by atoms with Gasteiger partial charge in [0.05, 0.1) is 0 Å². The van der Waals surface area contributed by atoms with Crippen molar-refractivity contribution in [1.29, 1.82) is 0 Å². The first kappa shape index (κ1) is 20.9. The monoisotopic (exact) mass is 389 g/mol. The van der Waals surface area contributed by atoms with Gasteiger partial charge in [-0.2, -0.15) is 0 Å². The fourth-order valence-corrected chi connectivity index (χ4v) is 3.01. The molecule has 3 aromatic rings. The van der Waals surface area contributed by atoms with Gasteiger partial charge in [-0.1, -0.05) is 75.4 Å². The van der Waals surface area contributed by atoms with Crippen molar-refractivity contribution < 1.29 is 9.47 Å². The molecule has 0 radical (unpaired) electrons.